The maximum absolute atomic E-state index is 12.0. The average molecular weight is 410 g/mol. The van der Waals surface area contributed by atoms with Gasteiger partial charge >= 0.3 is 0 Å². The Bertz CT molecular complexity index is 742. The summed E-state index contributed by atoms with van der Waals surface area (Å²) in [6.07, 6.45) is 3.07. The van der Waals surface area contributed by atoms with Crippen LogP contribution in [0.2, 0.25) is 0 Å². The highest BCUT2D eigenvalue weighted by Gasteiger charge is 2.23. The van der Waals surface area contributed by atoms with E-state index in [9.17, 15) is 9.59 Å². The van der Waals surface area contributed by atoms with E-state index in [1.807, 2.05) is 17.9 Å². The highest BCUT2D eigenvalue weighted by atomic mass is 32.2. The molecule has 3 heterocycles. The summed E-state index contributed by atoms with van der Waals surface area (Å²) in [5, 5.41) is 12.1. The summed E-state index contributed by atoms with van der Waals surface area (Å²) in [6, 6.07) is 3.61. The van der Waals surface area contributed by atoms with Crippen molar-refractivity contribution in [1.82, 2.24) is 20.4 Å². The van der Waals surface area contributed by atoms with Crippen molar-refractivity contribution in [3.05, 3.63) is 24.2 Å². The van der Waals surface area contributed by atoms with Crippen LogP contribution >= 0.6 is 23.1 Å². The van der Waals surface area contributed by atoms with Crippen LogP contribution in [0.25, 0.3) is 0 Å². The van der Waals surface area contributed by atoms with Crippen LogP contribution in [0, 0.1) is 0 Å². The maximum atomic E-state index is 12.0. The summed E-state index contributed by atoms with van der Waals surface area (Å²) in [7, 11) is 0. The second-order valence-electron chi connectivity index (χ2n) is 6.11. The number of nitrogens with one attached hydrogen (secondary N) is 1. The van der Waals surface area contributed by atoms with Gasteiger partial charge in [0.2, 0.25) is 16.9 Å². The molecule has 1 aliphatic heterocycles. The van der Waals surface area contributed by atoms with Crippen molar-refractivity contribution >= 4 is 40.0 Å². The lowest BCUT2D eigenvalue weighted by molar-refractivity contribution is -0.131. The number of carbonyl (C=O) groups is 2. The van der Waals surface area contributed by atoms with Gasteiger partial charge in [-0.15, -0.1) is 10.2 Å². The fourth-order valence-electron chi connectivity index (χ4n) is 2.68. The number of hydrogen-bond acceptors (Lipinski definition) is 8. The summed E-state index contributed by atoms with van der Waals surface area (Å²) in [5.41, 5.74) is 0. The molecule has 3 rings (SSSR count). The lowest BCUT2D eigenvalue weighted by atomic mass is 10.2. The molecule has 0 spiro atoms. The van der Waals surface area contributed by atoms with Crippen molar-refractivity contribution in [2.24, 2.45) is 0 Å². The Morgan fingerprint density at radius 2 is 2.11 bits per heavy atom. The minimum Gasteiger partial charge on any atom is -0.467 e. The normalized spacial score (nSPS) is 14.4. The van der Waals surface area contributed by atoms with Gasteiger partial charge in [0.05, 0.1) is 18.6 Å². The van der Waals surface area contributed by atoms with Crippen LogP contribution in [0.4, 0.5) is 5.13 Å². The molecule has 2 aromatic rings. The zero-order valence-electron chi connectivity index (χ0n) is 15.2. The number of furan rings is 1. The lowest BCUT2D eigenvalue weighted by Crippen LogP contribution is -2.48. The number of hydrogen-bond donors (Lipinski definition) is 1. The quantitative estimate of drug-likeness (QED) is 0.667. The van der Waals surface area contributed by atoms with Crippen LogP contribution in [0.3, 0.4) is 0 Å². The molecular formula is C17H23N5O3S2. The van der Waals surface area contributed by atoms with Crippen LogP contribution in [-0.4, -0.2) is 58.8 Å². The van der Waals surface area contributed by atoms with E-state index >= 15 is 0 Å². The summed E-state index contributed by atoms with van der Waals surface area (Å²) < 4.78 is 5.95. The summed E-state index contributed by atoms with van der Waals surface area (Å²) >= 11 is 2.86. The summed E-state index contributed by atoms with van der Waals surface area (Å²) in [4.78, 5) is 27.9. The fourth-order valence-corrected chi connectivity index (χ4v) is 4.41. The molecule has 8 nitrogen and oxygen atoms in total. The van der Waals surface area contributed by atoms with E-state index in [1.54, 1.807) is 12.3 Å². The zero-order valence-corrected chi connectivity index (χ0v) is 16.9. The average Bonchev–Trinajstić information content (AvgIpc) is 3.37. The Morgan fingerprint density at radius 1 is 1.30 bits per heavy atom. The van der Waals surface area contributed by atoms with Gasteiger partial charge in [0, 0.05) is 32.6 Å². The van der Waals surface area contributed by atoms with Crippen molar-refractivity contribution in [2.75, 3.05) is 36.8 Å². The van der Waals surface area contributed by atoms with Gasteiger partial charge in [0.15, 0.2) is 4.34 Å². The van der Waals surface area contributed by atoms with Gasteiger partial charge in [0.1, 0.15) is 5.76 Å². The van der Waals surface area contributed by atoms with Gasteiger partial charge in [-0.25, -0.2) is 0 Å². The molecule has 0 unspecified atom stereocenters. The Kier molecular flexibility index (Phi) is 7.11. The molecule has 0 radical (unpaired) electrons. The topological polar surface area (TPSA) is 91.6 Å². The molecule has 10 heteroatoms. The third-order valence-corrected chi connectivity index (χ3v) is 6.25. The molecule has 0 saturated carbocycles. The lowest BCUT2D eigenvalue weighted by Gasteiger charge is -2.34. The number of aromatic nitrogens is 2. The molecule has 146 valence electrons. The molecule has 1 aliphatic rings. The third kappa shape index (κ3) is 5.70. The first-order valence-electron chi connectivity index (χ1n) is 8.94. The molecule has 2 aromatic heterocycles. The molecule has 1 N–H and O–H groups in total. The Labute approximate surface area is 166 Å². The van der Waals surface area contributed by atoms with Crippen LogP contribution in [-0.2, 0) is 16.1 Å². The second kappa shape index (κ2) is 9.75. The van der Waals surface area contributed by atoms with Crippen molar-refractivity contribution in [1.29, 1.82) is 0 Å². The molecule has 1 saturated heterocycles. The van der Waals surface area contributed by atoms with Gasteiger partial charge in [-0.05, 0) is 18.6 Å². The SMILES string of the molecule is CCCC(=O)N1CCN(c2nnc(SCC(=O)NCc3ccco3)s2)CC1. The first kappa shape index (κ1) is 19.7. The van der Waals surface area contributed by atoms with Gasteiger partial charge in [-0.2, -0.15) is 0 Å². The first-order chi connectivity index (χ1) is 13.2. The van der Waals surface area contributed by atoms with Crippen molar-refractivity contribution in [3.8, 4) is 0 Å². The largest absolute Gasteiger partial charge is 0.467 e. The number of rotatable bonds is 8. The third-order valence-electron chi connectivity index (χ3n) is 4.13. The Hall–Kier alpha value is -2.07. The maximum Gasteiger partial charge on any atom is 0.230 e. The number of thioether (sulfide) groups is 1. The van der Waals surface area contributed by atoms with E-state index in [-0.39, 0.29) is 17.6 Å². The van der Waals surface area contributed by atoms with Crippen LogP contribution in [0.1, 0.15) is 25.5 Å². The monoisotopic (exact) mass is 409 g/mol. The molecule has 27 heavy (non-hydrogen) atoms. The van der Waals surface area contributed by atoms with Crippen LogP contribution in [0.5, 0.6) is 0 Å². The molecule has 0 aromatic carbocycles. The smallest absolute Gasteiger partial charge is 0.230 e. The minimum absolute atomic E-state index is 0.0730. The van der Waals surface area contributed by atoms with Gasteiger partial charge in [-0.1, -0.05) is 30.0 Å². The highest BCUT2D eigenvalue weighted by Crippen LogP contribution is 2.28. The number of nitrogens with zero attached hydrogens (tertiary/aromatic N) is 4. The van der Waals surface area contributed by atoms with E-state index in [1.165, 1.54) is 23.1 Å². The van der Waals surface area contributed by atoms with Gasteiger partial charge in [0.25, 0.3) is 0 Å². The van der Waals surface area contributed by atoms with E-state index in [2.05, 4.69) is 20.4 Å². The van der Waals surface area contributed by atoms with E-state index in [0.717, 1.165) is 47.8 Å². The number of carbonyl (C=O) groups excluding carboxylic acids is 2. The van der Waals surface area contributed by atoms with Gasteiger partial charge < -0.3 is 19.5 Å². The molecule has 0 bridgehead atoms. The number of anilines is 1. The van der Waals surface area contributed by atoms with E-state index in [0.29, 0.717) is 13.0 Å². The number of piperazine rings is 1. The fraction of sp³-hybridized carbons (Fsp3) is 0.529. The molecule has 0 aliphatic carbocycles. The second-order valence-corrected chi connectivity index (χ2v) is 8.29. The Balaban J connectivity index is 1.41. The van der Waals surface area contributed by atoms with Crippen molar-refractivity contribution < 1.29 is 14.0 Å². The zero-order chi connectivity index (χ0) is 19.1. The summed E-state index contributed by atoms with van der Waals surface area (Å²) in [6.45, 7) is 5.36. The Morgan fingerprint density at radius 3 is 2.81 bits per heavy atom. The summed E-state index contributed by atoms with van der Waals surface area (Å²) in [5.74, 6) is 1.17. The predicted molar refractivity (Wildman–Crippen MR) is 105 cm³/mol. The predicted octanol–water partition coefficient (Wildman–Crippen LogP) is 1.99. The minimum atomic E-state index is -0.0730. The van der Waals surface area contributed by atoms with Crippen molar-refractivity contribution in [2.45, 2.75) is 30.6 Å². The first-order valence-corrected chi connectivity index (χ1v) is 10.7. The highest BCUT2D eigenvalue weighted by molar-refractivity contribution is 8.01. The number of amides is 2. The molecule has 2 amide bonds. The molecular weight excluding hydrogens is 386 g/mol. The van der Waals surface area contributed by atoms with E-state index in [4.69, 9.17) is 4.42 Å². The molecule has 0 atom stereocenters. The molecule has 1 fully saturated rings. The van der Waals surface area contributed by atoms with E-state index < -0.39 is 0 Å². The van der Waals surface area contributed by atoms with Crippen molar-refractivity contribution in [3.63, 3.8) is 0 Å². The van der Waals surface area contributed by atoms with Crippen LogP contribution in [0.15, 0.2) is 27.2 Å². The van der Waals surface area contributed by atoms with Crippen LogP contribution < -0.4 is 10.2 Å². The standard InChI is InChI=1S/C17H23N5O3S2/c1-2-4-15(24)21-6-8-22(9-7-21)16-19-20-17(27-16)26-12-14(23)18-11-13-5-3-10-25-13/h3,5,10H,2,4,6-9,11-12H2,1H3,(H,18,23). The van der Waals surface area contributed by atoms with Gasteiger partial charge in [-0.3, -0.25) is 9.59 Å².